The summed E-state index contributed by atoms with van der Waals surface area (Å²) < 4.78 is 0.770. The van der Waals surface area contributed by atoms with Crippen molar-refractivity contribution in [2.45, 2.75) is 6.10 Å². The molecule has 0 saturated carbocycles. The molecule has 122 valence electrons. The highest BCUT2D eigenvalue weighted by molar-refractivity contribution is 9.10. The molecule has 0 aliphatic carbocycles. The number of benzene rings is 3. The number of fused-ring (bicyclic) bond motifs is 1. The lowest BCUT2D eigenvalue weighted by Crippen LogP contribution is -2.28. The maximum Gasteiger partial charge on any atom is 0.252 e. The Bertz CT molecular complexity index is 892. The van der Waals surface area contributed by atoms with Crippen molar-refractivity contribution in [2.75, 3.05) is 6.54 Å². The Morgan fingerprint density at radius 3 is 2.71 bits per heavy atom. The van der Waals surface area contributed by atoms with Crippen molar-refractivity contribution in [3.8, 4) is 0 Å². The summed E-state index contributed by atoms with van der Waals surface area (Å²) in [6.45, 7) is 0.107. The molecular formula is C19H15BrClNO2. The highest BCUT2D eigenvalue weighted by Gasteiger charge is 2.15. The van der Waals surface area contributed by atoms with Crippen LogP contribution < -0.4 is 5.32 Å². The summed E-state index contributed by atoms with van der Waals surface area (Å²) in [5, 5.41) is 15.6. The number of aliphatic hydroxyl groups excluding tert-OH is 1. The van der Waals surface area contributed by atoms with Crippen LogP contribution in [0.5, 0.6) is 0 Å². The second-order valence-electron chi connectivity index (χ2n) is 5.42. The molecule has 1 amide bonds. The number of hydrogen-bond donors (Lipinski definition) is 2. The average molecular weight is 405 g/mol. The van der Waals surface area contributed by atoms with E-state index < -0.39 is 6.10 Å². The van der Waals surface area contributed by atoms with Crippen molar-refractivity contribution >= 4 is 44.2 Å². The lowest BCUT2D eigenvalue weighted by Gasteiger charge is -2.15. The third kappa shape index (κ3) is 3.61. The van der Waals surface area contributed by atoms with Gasteiger partial charge in [0.15, 0.2) is 0 Å². The number of halogens is 2. The van der Waals surface area contributed by atoms with Crippen LogP contribution in [0.25, 0.3) is 10.8 Å². The Labute approximate surface area is 153 Å². The minimum absolute atomic E-state index is 0.107. The lowest BCUT2D eigenvalue weighted by atomic mass is 10.0. The van der Waals surface area contributed by atoms with Gasteiger partial charge in [-0.25, -0.2) is 0 Å². The normalized spacial score (nSPS) is 12.1. The molecule has 0 radical (unpaired) electrons. The van der Waals surface area contributed by atoms with E-state index in [9.17, 15) is 9.90 Å². The zero-order valence-corrected chi connectivity index (χ0v) is 15.0. The van der Waals surface area contributed by atoms with Gasteiger partial charge in [0.1, 0.15) is 0 Å². The van der Waals surface area contributed by atoms with Crippen LogP contribution >= 0.6 is 27.5 Å². The first-order chi connectivity index (χ1) is 11.6. The van der Waals surface area contributed by atoms with Crippen LogP contribution in [0.1, 0.15) is 22.0 Å². The largest absolute Gasteiger partial charge is 0.387 e. The fourth-order valence-electron chi connectivity index (χ4n) is 2.61. The quantitative estimate of drug-likeness (QED) is 0.661. The number of rotatable bonds is 4. The van der Waals surface area contributed by atoms with Crippen LogP contribution in [0, 0.1) is 0 Å². The minimum atomic E-state index is -0.800. The number of carbonyl (C=O) groups is 1. The van der Waals surface area contributed by atoms with Crippen LogP contribution in [0.4, 0.5) is 0 Å². The highest BCUT2D eigenvalue weighted by atomic mass is 79.9. The van der Waals surface area contributed by atoms with Crippen LogP contribution in [0.15, 0.2) is 65.1 Å². The van der Waals surface area contributed by atoms with Gasteiger partial charge in [0.25, 0.3) is 5.91 Å². The average Bonchev–Trinajstić information content (AvgIpc) is 2.61. The Kier molecular flexibility index (Phi) is 5.19. The molecule has 0 unspecified atom stereocenters. The van der Waals surface area contributed by atoms with Crippen LogP contribution in [0.3, 0.4) is 0 Å². The molecule has 3 aromatic rings. The first-order valence-electron chi connectivity index (χ1n) is 7.45. The molecule has 0 fully saturated rings. The van der Waals surface area contributed by atoms with Gasteiger partial charge in [0, 0.05) is 11.0 Å². The van der Waals surface area contributed by atoms with E-state index in [1.807, 2.05) is 42.5 Å². The van der Waals surface area contributed by atoms with Gasteiger partial charge in [0.05, 0.1) is 16.7 Å². The van der Waals surface area contributed by atoms with Gasteiger partial charge in [-0.1, -0.05) is 70.0 Å². The zero-order valence-electron chi connectivity index (χ0n) is 12.7. The molecule has 3 rings (SSSR count). The van der Waals surface area contributed by atoms with Crippen molar-refractivity contribution in [2.24, 2.45) is 0 Å². The predicted octanol–water partition coefficient (Wildman–Crippen LogP) is 4.72. The summed E-state index contributed by atoms with van der Waals surface area (Å²) in [5.41, 5.74) is 1.16. The van der Waals surface area contributed by atoms with Crippen molar-refractivity contribution in [1.82, 2.24) is 5.32 Å². The van der Waals surface area contributed by atoms with E-state index in [2.05, 4.69) is 21.2 Å². The summed E-state index contributed by atoms with van der Waals surface area (Å²) in [4.78, 5) is 12.3. The van der Waals surface area contributed by atoms with E-state index in [1.54, 1.807) is 18.2 Å². The van der Waals surface area contributed by atoms with Crippen LogP contribution in [-0.4, -0.2) is 17.6 Å². The second-order valence-corrected chi connectivity index (χ2v) is 6.74. The van der Waals surface area contributed by atoms with Gasteiger partial charge < -0.3 is 10.4 Å². The molecule has 1 atom stereocenters. The molecule has 3 nitrogen and oxygen atoms in total. The molecule has 24 heavy (non-hydrogen) atoms. The van der Waals surface area contributed by atoms with E-state index in [0.717, 1.165) is 20.8 Å². The predicted molar refractivity (Wildman–Crippen MR) is 100 cm³/mol. The summed E-state index contributed by atoms with van der Waals surface area (Å²) >= 11 is 9.38. The lowest BCUT2D eigenvalue weighted by molar-refractivity contribution is 0.0917. The number of amides is 1. The molecule has 3 aromatic carbocycles. The Hall–Kier alpha value is -1.88. The van der Waals surface area contributed by atoms with Crippen LogP contribution in [0.2, 0.25) is 5.02 Å². The van der Waals surface area contributed by atoms with E-state index >= 15 is 0 Å². The first-order valence-corrected chi connectivity index (χ1v) is 8.62. The third-order valence-electron chi connectivity index (χ3n) is 3.81. The molecule has 0 aliphatic rings. The van der Waals surface area contributed by atoms with Gasteiger partial charge >= 0.3 is 0 Å². The fourth-order valence-corrected chi connectivity index (χ4v) is 3.17. The molecular weight excluding hydrogens is 390 g/mol. The summed E-state index contributed by atoms with van der Waals surface area (Å²) in [7, 11) is 0. The number of aliphatic hydroxyl groups is 1. The molecule has 0 bridgehead atoms. The fraction of sp³-hybridized carbons (Fsp3) is 0.105. The van der Waals surface area contributed by atoms with E-state index in [-0.39, 0.29) is 12.5 Å². The van der Waals surface area contributed by atoms with E-state index in [1.165, 1.54) is 0 Å². The molecule has 0 aromatic heterocycles. The highest BCUT2D eigenvalue weighted by Crippen LogP contribution is 2.24. The number of hydrogen-bond acceptors (Lipinski definition) is 2. The third-order valence-corrected chi connectivity index (χ3v) is 4.63. The molecule has 0 spiro atoms. The molecule has 5 heteroatoms. The van der Waals surface area contributed by atoms with Crippen molar-refractivity contribution < 1.29 is 9.90 Å². The first kappa shape index (κ1) is 17.0. The summed E-state index contributed by atoms with van der Waals surface area (Å²) in [6.07, 6.45) is -0.800. The van der Waals surface area contributed by atoms with E-state index in [0.29, 0.717) is 10.6 Å². The molecule has 0 heterocycles. The van der Waals surface area contributed by atoms with Gasteiger partial charge in [-0.15, -0.1) is 0 Å². The summed E-state index contributed by atoms with van der Waals surface area (Å²) in [6, 6.07) is 18.7. The molecule has 2 N–H and O–H groups in total. The molecule has 0 saturated heterocycles. The van der Waals surface area contributed by atoms with E-state index in [4.69, 9.17) is 11.6 Å². The minimum Gasteiger partial charge on any atom is -0.387 e. The molecule has 0 aliphatic heterocycles. The van der Waals surface area contributed by atoms with Gasteiger partial charge in [0.2, 0.25) is 0 Å². The monoisotopic (exact) mass is 403 g/mol. The Balaban J connectivity index is 1.76. The topological polar surface area (TPSA) is 49.3 Å². The summed E-state index contributed by atoms with van der Waals surface area (Å²) in [5.74, 6) is -0.319. The van der Waals surface area contributed by atoms with Gasteiger partial charge in [-0.3, -0.25) is 4.79 Å². The van der Waals surface area contributed by atoms with Gasteiger partial charge in [-0.2, -0.15) is 0 Å². The maximum absolute atomic E-state index is 12.3. The van der Waals surface area contributed by atoms with Crippen molar-refractivity contribution in [1.29, 1.82) is 0 Å². The SMILES string of the molecule is O=C(NC[C@@H](O)c1cccc2ccccc12)c1cc(Br)ccc1Cl. The second kappa shape index (κ2) is 7.34. The standard InChI is InChI=1S/C19H15BrClNO2/c20-13-8-9-17(21)16(10-13)19(24)22-11-18(23)15-7-3-5-12-4-1-2-6-14(12)15/h1-10,18,23H,11H2,(H,22,24)/t18-/m1/s1. The Morgan fingerprint density at radius 2 is 1.88 bits per heavy atom. The smallest absolute Gasteiger partial charge is 0.252 e. The van der Waals surface area contributed by atoms with Gasteiger partial charge in [-0.05, 0) is 34.5 Å². The number of carbonyl (C=O) groups excluding carboxylic acids is 1. The van der Waals surface area contributed by atoms with Crippen molar-refractivity contribution in [3.05, 3.63) is 81.3 Å². The maximum atomic E-state index is 12.3. The number of nitrogens with one attached hydrogen (secondary N) is 1. The van der Waals surface area contributed by atoms with Crippen LogP contribution in [-0.2, 0) is 0 Å². The zero-order chi connectivity index (χ0) is 17.1. The Morgan fingerprint density at radius 1 is 1.12 bits per heavy atom. The van der Waals surface area contributed by atoms with Crippen molar-refractivity contribution in [3.63, 3.8) is 0 Å².